The van der Waals surface area contributed by atoms with Gasteiger partial charge in [0.15, 0.2) is 11.6 Å². The van der Waals surface area contributed by atoms with Crippen LogP contribution in [0.3, 0.4) is 0 Å². The van der Waals surface area contributed by atoms with Crippen LogP contribution < -0.4 is 4.90 Å². The lowest BCUT2D eigenvalue weighted by Gasteiger charge is -2.29. The molecule has 3 nitrogen and oxygen atoms in total. The first kappa shape index (κ1) is 27.2. The fourth-order valence-corrected chi connectivity index (χ4v) is 10.2. The molecule has 9 rings (SSSR count). The molecular formula is C41H27NO2S2. The van der Waals surface area contributed by atoms with Crippen molar-refractivity contribution in [1.82, 2.24) is 0 Å². The number of ketones is 2. The van der Waals surface area contributed by atoms with Crippen molar-refractivity contribution >= 4 is 77.6 Å². The molecule has 2 aromatic heterocycles. The smallest absolute Gasteiger partial charge is 0.197 e. The minimum Gasteiger partial charge on any atom is -0.310 e. The van der Waals surface area contributed by atoms with Gasteiger partial charge in [-0.1, -0.05) is 98.8 Å². The summed E-state index contributed by atoms with van der Waals surface area (Å²) in [7, 11) is 0. The minimum absolute atomic E-state index is 0.183. The summed E-state index contributed by atoms with van der Waals surface area (Å²) in [4.78, 5) is 30.8. The maximum Gasteiger partial charge on any atom is 0.197 e. The summed E-state index contributed by atoms with van der Waals surface area (Å²) < 4.78 is 2.43. The van der Waals surface area contributed by atoms with Crippen molar-refractivity contribution in [2.75, 3.05) is 4.90 Å². The maximum absolute atomic E-state index is 13.1. The van der Waals surface area contributed by atoms with Crippen molar-refractivity contribution in [1.29, 1.82) is 0 Å². The normalized spacial score (nSPS) is 14.5. The van der Waals surface area contributed by atoms with Crippen molar-refractivity contribution in [3.05, 3.63) is 154 Å². The molecule has 0 radical (unpaired) electrons. The number of allylic oxidation sites excluding steroid dienone is 1. The summed E-state index contributed by atoms with van der Waals surface area (Å²) >= 11 is 3.48. The predicted octanol–water partition coefficient (Wildman–Crippen LogP) is 11.4. The molecule has 0 aliphatic heterocycles. The average molecular weight is 630 g/mol. The molecule has 0 atom stereocenters. The van der Waals surface area contributed by atoms with Crippen molar-refractivity contribution < 1.29 is 9.59 Å². The Labute approximate surface area is 274 Å². The molecule has 5 aromatic carbocycles. The van der Waals surface area contributed by atoms with Crippen LogP contribution >= 0.6 is 22.7 Å². The van der Waals surface area contributed by atoms with Gasteiger partial charge in [0.25, 0.3) is 0 Å². The highest BCUT2D eigenvalue weighted by molar-refractivity contribution is 7.30. The Bertz CT molecular complexity index is 2400. The average Bonchev–Trinajstić information content (AvgIpc) is 3.76. The van der Waals surface area contributed by atoms with Crippen LogP contribution in [-0.4, -0.2) is 11.6 Å². The predicted molar refractivity (Wildman–Crippen MR) is 193 cm³/mol. The number of carbonyl (C=O) groups excluding carboxylic acids is 2. The van der Waals surface area contributed by atoms with E-state index in [2.05, 4.69) is 116 Å². The highest BCUT2D eigenvalue weighted by Gasteiger charge is 2.40. The van der Waals surface area contributed by atoms with E-state index in [0.717, 1.165) is 21.9 Å². The third-order valence-electron chi connectivity index (χ3n) is 9.40. The maximum atomic E-state index is 13.1. The van der Waals surface area contributed by atoms with Gasteiger partial charge in [0, 0.05) is 47.8 Å². The molecule has 2 heterocycles. The largest absolute Gasteiger partial charge is 0.310 e. The number of fused-ring (bicyclic) bond motifs is 7. The topological polar surface area (TPSA) is 37.4 Å². The summed E-state index contributed by atoms with van der Waals surface area (Å²) in [5, 5.41) is 2.41. The van der Waals surface area contributed by atoms with E-state index in [1.54, 1.807) is 40.9 Å². The van der Waals surface area contributed by atoms with Crippen LogP contribution in [0.25, 0.3) is 36.7 Å². The van der Waals surface area contributed by atoms with E-state index in [1.807, 2.05) is 12.1 Å². The Hall–Kier alpha value is -5.10. The zero-order valence-electron chi connectivity index (χ0n) is 25.2. The summed E-state index contributed by atoms with van der Waals surface area (Å²) in [5.41, 5.74) is 8.31. The molecule has 7 aromatic rings. The molecule has 2 aliphatic rings. The summed E-state index contributed by atoms with van der Waals surface area (Å²) in [6.45, 7) is 4.63. The van der Waals surface area contributed by atoms with E-state index in [1.165, 1.54) is 41.7 Å². The molecule has 0 spiro atoms. The van der Waals surface area contributed by atoms with E-state index in [9.17, 15) is 9.59 Å². The van der Waals surface area contributed by atoms with Gasteiger partial charge in [0.1, 0.15) is 0 Å². The molecular weight excluding hydrogens is 603 g/mol. The Kier molecular flexibility index (Phi) is 5.89. The zero-order valence-corrected chi connectivity index (χ0v) is 26.8. The number of thiophene rings is 2. The van der Waals surface area contributed by atoms with Crippen LogP contribution in [0.4, 0.5) is 17.1 Å². The fraction of sp³-hybridized carbons (Fsp3) is 0.0732. The van der Waals surface area contributed by atoms with Crippen LogP contribution in [0.1, 0.15) is 50.6 Å². The van der Waals surface area contributed by atoms with Crippen molar-refractivity contribution in [3.63, 3.8) is 0 Å². The number of hydrogen-bond acceptors (Lipinski definition) is 5. The van der Waals surface area contributed by atoms with Gasteiger partial charge in [0.2, 0.25) is 0 Å². The summed E-state index contributed by atoms with van der Waals surface area (Å²) in [5.74, 6) is -0.367. The van der Waals surface area contributed by atoms with Gasteiger partial charge in [-0.2, -0.15) is 0 Å². The standard InChI is InChI=1S/C41H27NO2S2/c1-41(2)33-21-26(42(25-13-4-3-5-14-25)34-18-10-12-24-11-6-7-15-28(24)34)19-20-31(33)39-36(41)40-35(46-39)23-27(45-40)22-32-37(43)29-16-8-9-17-30(29)38(32)44/h3-23H,1-2H3. The van der Waals surface area contributed by atoms with Gasteiger partial charge in [-0.3, -0.25) is 9.59 Å². The second-order valence-corrected chi connectivity index (χ2v) is 14.6. The van der Waals surface area contributed by atoms with Gasteiger partial charge in [-0.15, -0.1) is 22.7 Å². The van der Waals surface area contributed by atoms with Crippen LogP contribution in [0, 0.1) is 0 Å². The molecule has 0 N–H and O–H groups in total. The second kappa shape index (κ2) is 9.95. The van der Waals surface area contributed by atoms with Gasteiger partial charge < -0.3 is 4.90 Å². The lowest BCUT2D eigenvalue weighted by atomic mass is 9.82. The molecule has 0 saturated heterocycles. The molecule has 5 heteroatoms. The van der Waals surface area contributed by atoms with Crippen molar-refractivity contribution in [2.24, 2.45) is 0 Å². The highest BCUT2D eigenvalue weighted by Crippen LogP contribution is 2.58. The first-order chi connectivity index (χ1) is 22.4. The van der Waals surface area contributed by atoms with Gasteiger partial charge in [-0.25, -0.2) is 0 Å². The lowest BCUT2D eigenvalue weighted by Crippen LogP contribution is -2.16. The Morgan fingerprint density at radius 3 is 2.13 bits per heavy atom. The number of nitrogens with zero attached hydrogens (tertiary/aromatic N) is 1. The minimum atomic E-state index is -0.232. The van der Waals surface area contributed by atoms with Gasteiger partial charge in [-0.05, 0) is 64.6 Å². The third kappa shape index (κ3) is 3.89. The number of benzene rings is 5. The number of hydrogen-bond donors (Lipinski definition) is 0. The number of para-hydroxylation sites is 1. The monoisotopic (exact) mass is 629 g/mol. The van der Waals surface area contributed by atoms with E-state index in [-0.39, 0.29) is 22.6 Å². The Balaban J connectivity index is 1.15. The SMILES string of the molecule is CC1(C)c2cc(N(c3ccccc3)c3cccc4ccccc34)ccc2-c2sc3cc(C=C4C(=O)c5ccccc5C4=O)sc3c21. The van der Waals surface area contributed by atoms with Crippen molar-refractivity contribution in [2.45, 2.75) is 19.3 Å². The van der Waals surface area contributed by atoms with Crippen LogP contribution in [-0.2, 0) is 5.41 Å². The first-order valence-corrected chi connectivity index (χ1v) is 17.0. The van der Waals surface area contributed by atoms with Crippen LogP contribution in [0.2, 0.25) is 0 Å². The lowest BCUT2D eigenvalue weighted by molar-refractivity contribution is 0.0990. The van der Waals surface area contributed by atoms with E-state index < -0.39 is 0 Å². The molecule has 2 aliphatic carbocycles. The van der Waals surface area contributed by atoms with Gasteiger partial charge in [0.05, 0.1) is 16.0 Å². The van der Waals surface area contributed by atoms with E-state index in [0.29, 0.717) is 11.1 Å². The molecule has 0 saturated carbocycles. The van der Waals surface area contributed by atoms with Gasteiger partial charge >= 0.3 is 0 Å². The van der Waals surface area contributed by atoms with E-state index in [4.69, 9.17) is 0 Å². The van der Waals surface area contributed by atoms with Crippen LogP contribution in [0.15, 0.2) is 127 Å². The molecule has 0 bridgehead atoms. The van der Waals surface area contributed by atoms with Crippen LogP contribution in [0.5, 0.6) is 0 Å². The quantitative estimate of drug-likeness (QED) is 0.144. The molecule has 46 heavy (non-hydrogen) atoms. The highest BCUT2D eigenvalue weighted by atomic mass is 32.1. The summed E-state index contributed by atoms with van der Waals surface area (Å²) in [6, 6.07) is 41.8. The molecule has 0 fully saturated rings. The zero-order chi connectivity index (χ0) is 31.2. The van der Waals surface area contributed by atoms with Crippen molar-refractivity contribution in [3.8, 4) is 10.4 Å². The molecule has 0 amide bonds. The number of rotatable bonds is 4. The third-order valence-corrected chi connectivity index (χ3v) is 11.8. The number of Topliss-reactive ketones (excluding diaryl/α,β-unsaturated/α-hetero) is 2. The van der Waals surface area contributed by atoms with E-state index >= 15 is 0 Å². The Morgan fingerprint density at radius 2 is 1.35 bits per heavy atom. The summed E-state index contributed by atoms with van der Waals surface area (Å²) in [6.07, 6.45) is 1.80. The molecule has 0 unspecified atom stereocenters. The molecule has 220 valence electrons. The second-order valence-electron chi connectivity index (χ2n) is 12.4. The fourth-order valence-electron chi connectivity index (χ4n) is 7.21. The Morgan fingerprint density at radius 1 is 0.652 bits per heavy atom. The number of carbonyl (C=O) groups is 2. The first-order valence-electron chi connectivity index (χ1n) is 15.3. The number of anilines is 3.